The normalized spacial score (nSPS) is 12.6. The molecule has 4 aromatic rings. The van der Waals surface area contributed by atoms with Crippen LogP contribution in [-0.2, 0) is 0 Å². The molecule has 0 saturated carbocycles. The molecule has 2 nitrogen and oxygen atoms in total. The molecule has 0 aliphatic rings. The van der Waals surface area contributed by atoms with Crippen LogP contribution < -0.4 is 0 Å². The first kappa shape index (κ1) is 21.4. The van der Waals surface area contributed by atoms with Crippen LogP contribution in [-0.4, -0.2) is 21.3 Å². The highest BCUT2D eigenvalue weighted by Gasteiger charge is 2.08. The van der Waals surface area contributed by atoms with Gasteiger partial charge in [-0.05, 0) is 57.0 Å². The number of hydrogen-bond acceptors (Lipinski definition) is 6. The van der Waals surface area contributed by atoms with Gasteiger partial charge in [0.1, 0.15) is 8.75 Å². The number of thioether (sulfide) groups is 2. The third-order valence-corrected chi connectivity index (χ3v) is 9.25. The summed E-state index contributed by atoms with van der Waals surface area (Å²) in [5, 5.41) is 4.76. The molecule has 0 atom stereocenters. The van der Waals surface area contributed by atoms with E-state index in [0.717, 1.165) is 20.1 Å². The molecule has 0 unspecified atom stereocenters. The molecular formula is C24H20N2S4. The fourth-order valence-electron chi connectivity index (χ4n) is 3.08. The average molecular weight is 465 g/mol. The lowest BCUT2D eigenvalue weighted by atomic mass is 10.1. The lowest BCUT2D eigenvalue weighted by Gasteiger charge is -2.07. The molecule has 0 N–H and O–H groups in total. The van der Waals surface area contributed by atoms with Gasteiger partial charge in [0.05, 0.1) is 11.4 Å². The number of benzene rings is 4. The monoisotopic (exact) mass is 464 g/mol. The van der Waals surface area contributed by atoms with E-state index < -0.39 is 0 Å². The summed E-state index contributed by atoms with van der Waals surface area (Å²) in [5.41, 5.74) is 2.00. The quantitative estimate of drug-likeness (QED) is 0.168. The molecule has 0 bridgehead atoms. The van der Waals surface area contributed by atoms with Crippen molar-refractivity contribution in [2.24, 2.45) is 9.98 Å². The van der Waals surface area contributed by atoms with Gasteiger partial charge in [0.25, 0.3) is 0 Å². The fourth-order valence-corrected chi connectivity index (χ4v) is 6.90. The van der Waals surface area contributed by atoms with Crippen molar-refractivity contribution in [1.82, 2.24) is 0 Å². The van der Waals surface area contributed by atoms with E-state index in [-0.39, 0.29) is 0 Å². The molecule has 0 aliphatic carbocycles. The van der Waals surface area contributed by atoms with Gasteiger partial charge in [-0.15, -0.1) is 23.5 Å². The third-order valence-electron chi connectivity index (χ3n) is 4.49. The molecule has 6 heteroatoms. The van der Waals surface area contributed by atoms with Crippen molar-refractivity contribution in [3.05, 3.63) is 84.9 Å². The molecule has 30 heavy (non-hydrogen) atoms. The standard InChI is InChI=1S/C24H20N2S4/c1-27-23(25-21-15-7-11-17-9-3-5-13-19(17)21)29-30-24(28-2)26-22-16-8-12-18-10-4-6-14-20(18)22/h3-16H,1-2H3. The molecule has 0 fully saturated rings. The van der Waals surface area contributed by atoms with Crippen LogP contribution in [0, 0.1) is 0 Å². The highest BCUT2D eigenvalue weighted by Crippen LogP contribution is 2.37. The van der Waals surface area contributed by atoms with E-state index in [9.17, 15) is 0 Å². The molecule has 150 valence electrons. The van der Waals surface area contributed by atoms with Crippen LogP contribution in [0.2, 0.25) is 0 Å². The summed E-state index contributed by atoms with van der Waals surface area (Å²) >= 11 is 3.33. The number of fused-ring (bicyclic) bond motifs is 2. The topological polar surface area (TPSA) is 24.7 Å². The van der Waals surface area contributed by atoms with E-state index in [2.05, 4.69) is 97.4 Å². The highest BCUT2D eigenvalue weighted by molar-refractivity contribution is 8.93. The van der Waals surface area contributed by atoms with Gasteiger partial charge in [-0.25, -0.2) is 9.98 Å². The maximum Gasteiger partial charge on any atom is 0.141 e. The van der Waals surface area contributed by atoms with Crippen molar-refractivity contribution < 1.29 is 0 Å². The maximum absolute atomic E-state index is 4.93. The van der Waals surface area contributed by atoms with Gasteiger partial charge in [-0.3, -0.25) is 0 Å². The maximum atomic E-state index is 4.93. The Morgan fingerprint density at radius 3 is 1.37 bits per heavy atom. The predicted molar refractivity (Wildman–Crippen MR) is 144 cm³/mol. The second kappa shape index (κ2) is 10.4. The Hall–Kier alpha value is -1.86. The van der Waals surface area contributed by atoms with Crippen molar-refractivity contribution >= 4 is 86.8 Å². The fraction of sp³-hybridized carbons (Fsp3) is 0.0833. The van der Waals surface area contributed by atoms with E-state index in [1.165, 1.54) is 21.5 Å². The number of aliphatic imine (C=N–C) groups is 2. The Balaban J connectivity index is 1.58. The van der Waals surface area contributed by atoms with Gasteiger partial charge >= 0.3 is 0 Å². The van der Waals surface area contributed by atoms with Gasteiger partial charge in [0.15, 0.2) is 0 Å². The highest BCUT2D eigenvalue weighted by atomic mass is 33.1. The number of rotatable bonds is 2. The van der Waals surface area contributed by atoms with E-state index in [1.54, 1.807) is 45.1 Å². The molecule has 0 spiro atoms. The zero-order valence-electron chi connectivity index (χ0n) is 16.6. The third kappa shape index (κ3) is 5.06. The van der Waals surface area contributed by atoms with Crippen LogP contribution in [0.15, 0.2) is 94.9 Å². The van der Waals surface area contributed by atoms with Crippen molar-refractivity contribution in [2.45, 2.75) is 0 Å². The largest absolute Gasteiger partial charge is 0.234 e. The Morgan fingerprint density at radius 2 is 0.933 bits per heavy atom. The van der Waals surface area contributed by atoms with Gasteiger partial charge in [0.2, 0.25) is 0 Å². The van der Waals surface area contributed by atoms with Gasteiger partial charge in [-0.2, -0.15) is 0 Å². The summed E-state index contributed by atoms with van der Waals surface area (Å²) in [6.45, 7) is 0. The van der Waals surface area contributed by atoms with Crippen LogP contribution in [0.3, 0.4) is 0 Å². The van der Waals surface area contributed by atoms with Gasteiger partial charge in [0, 0.05) is 10.8 Å². The van der Waals surface area contributed by atoms with E-state index in [1.807, 2.05) is 0 Å². The van der Waals surface area contributed by atoms with Crippen molar-refractivity contribution in [3.8, 4) is 0 Å². The van der Waals surface area contributed by atoms with Crippen LogP contribution >= 0.6 is 45.1 Å². The smallest absolute Gasteiger partial charge is 0.141 e. The van der Waals surface area contributed by atoms with E-state index >= 15 is 0 Å². The zero-order valence-corrected chi connectivity index (χ0v) is 19.9. The van der Waals surface area contributed by atoms with Crippen LogP contribution in [0.1, 0.15) is 0 Å². The van der Waals surface area contributed by atoms with Crippen molar-refractivity contribution in [1.29, 1.82) is 0 Å². The van der Waals surface area contributed by atoms with Crippen LogP contribution in [0.25, 0.3) is 21.5 Å². The summed E-state index contributed by atoms with van der Waals surface area (Å²) in [5.74, 6) is 0. The van der Waals surface area contributed by atoms with Crippen molar-refractivity contribution in [2.75, 3.05) is 12.5 Å². The minimum Gasteiger partial charge on any atom is -0.234 e. The predicted octanol–water partition coefficient (Wildman–Crippen LogP) is 8.78. The summed E-state index contributed by atoms with van der Waals surface area (Å²) in [4.78, 5) is 9.85. The van der Waals surface area contributed by atoms with Gasteiger partial charge in [-0.1, -0.05) is 72.8 Å². The Bertz CT molecular complexity index is 1130. The zero-order chi connectivity index (χ0) is 20.8. The number of hydrogen-bond donors (Lipinski definition) is 0. The molecule has 0 aromatic heterocycles. The van der Waals surface area contributed by atoms with Crippen LogP contribution in [0.4, 0.5) is 11.4 Å². The molecular weight excluding hydrogens is 445 g/mol. The summed E-state index contributed by atoms with van der Waals surface area (Å²) < 4.78 is 2.02. The summed E-state index contributed by atoms with van der Waals surface area (Å²) in [6, 6.07) is 29.2. The van der Waals surface area contributed by atoms with Gasteiger partial charge < -0.3 is 0 Å². The minimum atomic E-state index is 1.00. The SMILES string of the molecule is CSC(=Nc1cccc2ccccc12)SSC(=Nc1cccc2ccccc12)SC. The number of nitrogens with zero attached hydrogens (tertiary/aromatic N) is 2. The van der Waals surface area contributed by atoms with E-state index in [4.69, 9.17) is 9.98 Å². The Kier molecular flexibility index (Phi) is 7.44. The van der Waals surface area contributed by atoms with Crippen molar-refractivity contribution in [3.63, 3.8) is 0 Å². The summed E-state index contributed by atoms with van der Waals surface area (Å²) in [6.07, 6.45) is 4.14. The molecule has 0 heterocycles. The molecule has 0 amide bonds. The first-order valence-corrected chi connectivity index (χ1v) is 13.9. The Labute approximate surface area is 193 Å². The Morgan fingerprint density at radius 1 is 0.533 bits per heavy atom. The lowest BCUT2D eigenvalue weighted by molar-refractivity contribution is 1.59. The first-order chi connectivity index (χ1) is 14.8. The lowest BCUT2D eigenvalue weighted by Crippen LogP contribution is -1.86. The molecule has 0 aliphatic heterocycles. The summed E-state index contributed by atoms with van der Waals surface area (Å²) in [7, 11) is 3.32. The molecule has 4 aromatic carbocycles. The van der Waals surface area contributed by atoms with E-state index in [0.29, 0.717) is 0 Å². The second-order valence-electron chi connectivity index (χ2n) is 6.33. The minimum absolute atomic E-state index is 1.00. The first-order valence-electron chi connectivity index (χ1n) is 9.34. The molecule has 0 saturated heterocycles. The average Bonchev–Trinajstić information content (AvgIpc) is 2.81. The van der Waals surface area contributed by atoms with Crippen LogP contribution in [0.5, 0.6) is 0 Å². The molecule has 0 radical (unpaired) electrons. The second-order valence-corrected chi connectivity index (χ2v) is 10.5. The molecule has 4 rings (SSSR count).